The Morgan fingerprint density at radius 3 is 2.38 bits per heavy atom. The highest BCUT2D eigenvalue weighted by Gasteiger charge is 2.14. The molecule has 2 rings (SSSR count). The van der Waals surface area contributed by atoms with Crippen LogP contribution in [0.5, 0.6) is 5.75 Å². The highest BCUT2D eigenvalue weighted by molar-refractivity contribution is 5.89. The fourth-order valence-electron chi connectivity index (χ4n) is 2.51. The van der Waals surface area contributed by atoms with Crippen molar-refractivity contribution in [3.05, 3.63) is 30.6 Å². The zero-order chi connectivity index (χ0) is 19.4. The maximum absolute atomic E-state index is 9.55. The van der Waals surface area contributed by atoms with Crippen molar-refractivity contribution in [1.82, 2.24) is 9.88 Å². The number of pyridine rings is 1. The Labute approximate surface area is 153 Å². The first-order valence-corrected chi connectivity index (χ1v) is 8.65. The number of carboxylic acids is 2. The van der Waals surface area contributed by atoms with Gasteiger partial charge in [-0.3, -0.25) is 4.98 Å². The summed E-state index contributed by atoms with van der Waals surface area (Å²) in [6, 6.07) is 2.10. The summed E-state index contributed by atoms with van der Waals surface area (Å²) in [6.07, 6.45) is 6.05. The zero-order valence-electron chi connectivity index (χ0n) is 15.3. The third-order valence-electron chi connectivity index (χ3n) is 3.78. The van der Waals surface area contributed by atoms with Crippen molar-refractivity contribution in [3.63, 3.8) is 0 Å². The van der Waals surface area contributed by atoms with Crippen LogP contribution in [0.4, 0.5) is 5.69 Å². The van der Waals surface area contributed by atoms with Gasteiger partial charge in [0.15, 0.2) is 0 Å². The topological polar surface area (TPSA) is 103 Å². The molecular formula is C18H27N3O5. The second kappa shape index (κ2) is 11.9. The number of ether oxygens (including phenoxy) is 1. The Morgan fingerprint density at radius 2 is 1.81 bits per heavy atom. The molecule has 0 unspecified atom stereocenters. The molecule has 1 aromatic heterocycles. The van der Waals surface area contributed by atoms with Gasteiger partial charge in [-0.2, -0.15) is 0 Å². The van der Waals surface area contributed by atoms with Crippen molar-refractivity contribution in [2.45, 2.75) is 20.3 Å². The zero-order valence-corrected chi connectivity index (χ0v) is 15.3. The standard InChI is InChI=1S/C14H23N3O.C4H4O4/c1-3-16-6-5-7-17(9-8-16)13-10-14(18-4-2)12-15-11-13;5-3(6)1-2-4(7)8/h10-12H,3-9H2,1-2H3;1-2H,(H,5,6)(H,7,8)/b;2-1+. The first-order valence-electron chi connectivity index (χ1n) is 8.65. The fourth-order valence-corrected chi connectivity index (χ4v) is 2.51. The van der Waals surface area contributed by atoms with E-state index >= 15 is 0 Å². The lowest BCUT2D eigenvalue weighted by Crippen LogP contribution is -2.30. The van der Waals surface area contributed by atoms with Gasteiger partial charge in [-0.05, 0) is 26.4 Å². The summed E-state index contributed by atoms with van der Waals surface area (Å²) in [5, 5.41) is 15.6. The van der Waals surface area contributed by atoms with Crippen LogP contribution in [0.25, 0.3) is 0 Å². The summed E-state index contributed by atoms with van der Waals surface area (Å²) in [6.45, 7) is 10.6. The minimum Gasteiger partial charge on any atom is -0.492 e. The molecule has 0 aliphatic carbocycles. The molecule has 8 nitrogen and oxygen atoms in total. The second-order valence-corrected chi connectivity index (χ2v) is 5.60. The highest BCUT2D eigenvalue weighted by Crippen LogP contribution is 2.20. The molecule has 0 spiro atoms. The molecule has 1 saturated heterocycles. The van der Waals surface area contributed by atoms with Crippen LogP contribution in [0.15, 0.2) is 30.6 Å². The predicted molar refractivity (Wildman–Crippen MR) is 98.8 cm³/mol. The molecule has 0 saturated carbocycles. The number of hydrogen-bond acceptors (Lipinski definition) is 6. The summed E-state index contributed by atoms with van der Waals surface area (Å²) in [5.41, 5.74) is 1.18. The van der Waals surface area contributed by atoms with Crippen LogP contribution in [0.3, 0.4) is 0 Å². The largest absolute Gasteiger partial charge is 0.492 e. The van der Waals surface area contributed by atoms with E-state index in [1.165, 1.54) is 18.7 Å². The molecule has 0 radical (unpaired) electrons. The molecule has 2 heterocycles. The molecule has 0 amide bonds. The summed E-state index contributed by atoms with van der Waals surface area (Å²) in [7, 11) is 0. The molecule has 0 bridgehead atoms. The molecule has 1 aliphatic rings. The van der Waals surface area contributed by atoms with Gasteiger partial charge < -0.3 is 24.7 Å². The summed E-state index contributed by atoms with van der Waals surface area (Å²) < 4.78 is 5.51. The van der Waals surface area contributed by atoms with Gasteiger partial charge in [0.05, 0.1) is 24.7 Å². The molecule has 0 atom stereocenters. The summed E-state index contributed by atoms with van der Waals surface area (Å²) >= 11 is 0. The average Bonchev–Trinajstić information content (AvgIpc) is 2.87. The number of aliphatic carboxylic acids is 2. The van der Waals surface area contributed by atoms with E-state index in [0.29, 0.717) is 18.8 Å². The Morgan fingerprint density at radius 1 is 1.12 bits per heavy atom. The van der Waals surface area contributed by atoms with Crippen LogP contribution in [0.2, 0.25) is 0 Å². The third kappa shape index (κ3) is 8.48. The minimum absolute atomic E-state index is 0.558. The molecule has 8 heteroatoms. The van der Waals surface area contributed by atoms with Gasteiger partial charge in [-0.1, -0.05) is 6.92 Å². The van der Waals surface area contributed by atoms with E-state index in [1.807, 2.05) is 13.1 Å². The lowest BCUT2D eigenvalue weighted by molar-refractivity contribution is -0.134. The van der Waals surface area contributed by atoms with Crippen molar-refractivity contribution in [2.75, 3.05) is 44.2 Å². The van der Waals surface area contributed by atoms with Crippen LogP contribution in [-0.4, -0.2) is 71.4 Å². The van der Waals surface area contributed by atoms with Crippen molar-refractivity contribution in [3.8, 4) is 5.75 Å². The highest BCUT2D eigenvalue weighted by atomic mass is 16.5. The van der Waals surface area contributed by atoms with Gasteiger partial charge in [0, 0.05) is 37.9 Å². The molecule has 0 aromatic carbocycles. The van der Waals surface area contributed by atoms with Crippen LogP contribution < -0.4 is 9.64 Å². The number of likely N-dealkylation sites (N-methyl/N-ethyl adjacent to an activating group) is 1. The Bertz CT molecular complexity index is 590. The van der Waals surface area contributed by atoms with Crippen molar-refractivity contribution in [1.29, 1.82) is 0 Å². The van der Waals surface area contributed by atoms with Crippen molar-refractivity contribution in [2.24, 2.45) is 0 Å². The van der Waals surface area contributed by atoms with Gasteiger partial charge in [-0.15, -0.1) is 0 Å². The molecule has 1 fully saturated rings. The lowest BCUT2D eigenvalue weighted by atomic mass is 10.3. The normalized spacial score (nSPS) is 15.1. The molecule has 2 N–H and O–H groups in total. The van der Waals surface area contributed by atoms with E-state index in [0.717, 1.165) is 31.9 Å². The quantitative estimate of drug-likeness (QED) is 0.735. The maximum atomic E-state index is 9.55. The third-order valence-corrected chi connectivity index (χ3v) is 3.78. The van der Waals surface area contributed by atoms with Crippen LogP contribution in [0.1, 0.15) is 20.3 Å². The minimum atomic E-state index is -1.26. The second-order valence-electron chi connectivity index (χ2n) is 5.60. The molecule has 1 aromatic rings. The smallest absolute Gasteiger partial charge is 0.328 e. The van der Waals surface area contributed by atoms with Crippen LogP contribution >= 0.6 is 0 Å². The molecule has 144 valence electrons. The average molecular weight is 365 g/mol. The first-order chi connectivity index (χ1) is 12.5. The Balaban J connectivity index is 0.000000359. The van der Waals surface area contributed by atoms with Gasteiger partial charge in [0.1, 0.15) is 5.75 Å². The number of aromatic nitrogens is 1. The van der Waals surface area contributed by atoms with E-state index in [2.05, 4.69) is 27.8 Å². The number of anilines is 1. The first kappa shape index (κ1) is 21.4. The SMILES string of the molecule is CCOc1cncc(N2CCCN(CC)CC2)c1.O=C(O)/C=C/C(=O)O. The summed E-state index contributed by atoms with van der Waals surface area (Å²) in [5.74, 6) is -1.65. The van der Waals surface area contributed by atoms with Gasteiger partial charge in [0.2, 0.25) is 0 Å². The molecule has 26 heavy (non-hydrogen) atoms. The van der Waals surface area contributed by atoms with E-state index in [4.69, 9.17) is 14.9 Å². The van der Waals surface area contributed by atoms with E-state index in [-0.39, 0.29) is 0 Å². The number of rotatable bonds is 6. The fraction of sp³-hybridized carbons (Fsp3) is 0.500. The number of carbonyl (C=O) groups is 2. The van der Waals surface area contributed by atoms with E-state index in [9.17, 15) is 9.59 Å². The summed E-state index contributed by atoms with van der Waals surface area (Å²) in [4.78, 5) is 28.3. The molecular weight excluding hydrogens is 338 g/mol. The Hall–Kier alpha value is -2.61. The molecule has 1 aliphatic heterocycles. The maximum Gasteiger partial charge on any atom is 0.328 e. The number of hydrogen-bond donors (Lipinski definition) is 2. The monoisotopic (exact) mass is 365 g/mol. The predicted octanol–water partition coefficient (Wildman–Crippen LogP) is 1.72. The van der Waals surface area contributed by atoms with Gasteiger partial charge in [-0.25, -0.2) is 9.59 Å². The van der Waals surface area contributed by atoms with E-state index in [1.54, 1.807) is 6.20 Å². The van der Waals surface area contributed by atoms with Crippen molar-refractivity contribution >= 4 is 17.6 Å². The van der Waals surface area contributed by atoms with E-state index < -0.39 is 11.9 Å². The Kier molecular flexibility index (Phi) is 9.78. The van der Waals surface area contributed by atoms with Gasteiger partial charge in [0.25, 0.3) is 0 Å². The number of nitrogens with zero attached hydrogens (tertiary/aromatic N) is 3. The van der Waals surface area contributed by atoms with Crippen LogP contribution in [0, 0.1) is 0 Å². The number of carboxylic acid groups (broad SMARTS) is 2. The van der Waals surface area contributed by atoms with Gasteiger partial charge >= 0.3 is 11.9 Å². The van der Waals surface area contributed by atoms with Crippen LogP contribution in [-0.2, 0) is 9.59 Å². The lowest BCUT2D eigenvalue weighted by Gasteiger charge is -2.23. The van der Waals surface area contributed by atoms with Crippen molar-refractivity contribution < 1.29 is 24.5 Å².